The molecular weight excluding hydrogens is 469 g/mol. The minimum atomic E-state index is -0.740. The zero-order chi connectivity index (χ0) is 24.5. The van der Waals surface area contributed by atoms with E-state index in [2.05, 4.69) is 26.7 Å². The molecule has 1 aromatic heterocycles. The van der Waals surface area contributed by atoms with Gasteiger partial charge in [-0.15, -0.1) is 0 Å². The van der Waals surface area contributed by atoms with Gasteiger partial charge in [-0.3, -0.25) is 4.79 Å². The monoisotopic (exact) mass is 501 g/mol. The first-order valence-corrected chi connectivity index (χ1v) is 13.0. The predicted octanol–water partition coefficient (Wildman–Crippen LogP) is 3.54. The highest BCUT2D eigenvalue weighted by atomic mass is 35.5. The van der Waals surface area contributed by atoms with Gasteiger partial charge in [-0.05, 0) is 42.9 Å². The van der Waals surface area contributed by atoms with Crippen LogP contribution in [0.1, 0.15) is 60.9 Å². The molecule has 7 nitrogen and oxygen atoms in total. The molecule has 9 heteroatoms. The number of anilines is 1. The van der Waals surface area contributed by atoms with Crippen molar-refractivity contribution in [2.24, 2.45) is 0 Å². The van der Waals surface area contributed by atoms with Gasteiger partial charge in [-0.2, -0.15) is 0 Å². The molecule has 2 aromatic rings. The van der Waals surface area contributed by atoms with E-state index in [0.29, 0.717) is 70.1 Å². The van der Waals surface area contributed by atoms with E-state index in [0.717, 1.165) is 22.6 Å². The van der Waals surface area contributed by atoms with Crippen molar-refractivity contribution in [3.8, 4) is 0 Å². The summed E-state index contributed by atoms with van der Waals surface area (Å²) < 4.78 is 13.7. The van der Waals surface area contributed by atoms with Gasteiger partial charge >= 0.3 is 0 Å². The summed E-state index contributed by atoms with van der Waals surface area (Å²) in [6.45, 7) is 6.60. The normalized spacial score (nSPS) is 24.5. The maximum absolute atomic E-state index is 13.8. The number of aromatic nitrogens is 2. The summed E-state index contributed by atoms with van der Waals surface area (Å²) >= 11 is 6.11. The second-order valence-corrected chi connectivity index (χ2v) is 10.5. The highest BCUT2D eigenvalue weighted by molar-refractivity contribution is 6.30. The molecule has 0 spiro atoms. The van der Waals surface area contributed by atoms with Gasteiger partial charge in [0.15, 0.2) is 0 Å². The molecule has 1 aliphatic carbocycles. The Balaban J connectivity index is 1.29. The summed E-state index contributed by atoms with van der Waals surface area (Å²) in [6.07, 6.45) is 1.97. The third-order valence-electron chi connectivity index (χ3n) is 7.70. The molecule has 188 valence electrons. The molecule has 35 heavy (non-hydrogen) atoms. The first-order valence-electron chi connectivity index (χ1n) is 12.6. The van der Waals surface area contributed by atoms with Crippen LogP contribution in [0.5, 0.6) is 0 Å². The Morgan fingerprint density at radius 1 is 1.11 bits per heavy atom. The molecular formula is C26H33ClFN5O2. The van der Waals surface area contributed by atoms with Crippen molar-refractivity contribution in [3.63, 3.8) is 0 Å². The van der Waals surface area contributed by atoms with Crippen LogP contribution in [0.15, 0.2) is 30.6 Å². The van der Waals surface area contributed by atoms with Gasteiger partial charge in [-0.1, -0.05) is 30.7 Å². The van der Waals surface area contributed by atoms with E-state index in [-0.39, 0.29) is 17.7 Å². The second kappa shape index (κ2) is 10.4. The van der Waals surface area contributed by atoms with E-state index in [1.165, 1.54) is 6.33 Å². The number of carbonyl (C=O) groups is 1. The van der Waals surface area contributed by atoms with Crippen molar-refractivity contribution < 1.29 is 14.3 Å². The van der Waals surface area contributed by atoms with Crippen LogP contribution in [0.3, 0.4) is 0 Å². The summed E-state index contributed by atoms with van der Waals surface area (Å²) in [5.41, 5.74) is 2.72. The van der Waals surface area contributed by atoms with Gasteiger partial charge in [0.2, 0.25) is 5.91 Å². The lowest BCUT2D eigenvalue weighted by atomic mass is 9.95. The highest BCUT2D eigenvalue weighted by Crippen LogP contribution is 2.42. The molecule has 0 bridgehead atoms. The number of hydrogen-bond donors (Lipinski definition) is 1. The highest BCUT2D eigenvalue weighted by Gasteiger charge is 2.35. The quantitative estimate of drug-likeness (QED) is 0.675. The number of alkyl halides is 1. The molecule has 0 saturated carbocycles. The zero-order valence-electron chi connectivity index (χ0n) is 20.1. The molecule has 2 aliphatic heterocycles. The summed E-state index contributed by atoms with van der Waals surface area (Å²) in [5, 5.41) is 11.0. The van der Waals surface area contributed by atoms with Crippen molar-refractivity contribution in [2.45, 2.75) is 50.3 Å². The summed E-state index contributed by atoms with van der Waals surface area (Å²) in [7, 11) is 0. The molecule has 0 radical (unpaired) electrons. The van der Waals surface area contributed by atoms with Crippen molar-refractivity contribution in [3.05, 3.63) is 52.4 Å². The Labute approximate surface area is 210 Å². The minimum Gasteiger partial charge on any atom is -0.387 e. The van der Waals surface area contributed by atoms with Gasteiger partial charge in [-0.25, -0.2) is 14.4 Å². The van der Waals surface area contributed by atoms with Crippen LogP contribution in [-0.4, -0.2) is 82.8 Å². The smallest absolute Gasteiger partial charge is 0.231 e. The number of likely N-dealkylation sites (tertiary alicyclic amines) is 1. The Hall–Kier alpha value is -2.29. The predicted molar refractivity (Wildman–Crippen MR) is 134 cm³/mol. The number of rotatable bonds is 5. The van der Waals surface area contributed by atoms with E-state index >= 15 is 0 Å². The summed E-state index contributed by atoms with van der Waals surface area (Å²) in [5.74, 6) is 0.882. The van der Waals surface area contributed by atoms with Crippen LogP contribution < -0.4 is 4.90 Å². The maximum atomic E-state index is 13.8. The standard InChI is InChI=1S/C26H33ClFN5O2/c1-17-14-22(34)24-23(17)25(30-16-29-24)32-10-12-33(13-11-32)26(35)21(18-2-4-19(27)5-3-18)15-31-8-6-20(28)7-9-31/h2-5,16-17,20-22,34H,6-15H2,1H3/t17-,21+,22-/m1/s1. The van der Waals surface area contributed by atoms with Crippen LogP contribution in [-0.2, 0) is 4.79 Å². The number of hydrogen-bond acceptors (Lipinski definition) is 6. The first-order chi connectivity index (χ1) is 16.9. The number of carbonyl (C=O) groups excluding carboxylic acids is 1. The number of nitrogens with zero attached hydrogens (tertiary/aromatic N) is 5. The fourth-order valence-corrected chi connectivity index (χ4v) is 5.80. The number of benzene rings is 1. The lowest BCUT2D eigenvalue weighted by Gasteiger charge is -2.39. The van der Waals surface area contributed by atoms with Crippen molar-refractivity contribution >= 4 is 23.3 Å². The molecule has 2 fully saturated rings. The lowest BCUT2D eigenvalue weighted by Crippen LogP contribution is -2.52. The van der Waals surface area contributed by atoms with Crippen molar-refractivity contribution in [1.29, 1.82) is 0 Å². The fourth-order valence-electron chi connectivity index (χ4n) is 5.68. The van der Waals surface area contributed by atoms with Gasteiger partial charge in [0.1, 0.15) is 18.3 Å². The van der Waals surface area contributed by atoms with Gasteiger partial charge in [0, 0.05) is 56.4 Å². The number of piperidine rings is 1. The number of piperazine rings is 1. The first kappa shape index (κ1) is 24.4. The molecule has 2 saturated heterocycles. The van der Waals surface area contributed by atoms with Crippen molar-refractivity contribution in [2.75, 3.05) is 50.7 Å². The van der Waals surface area contributed by atoms with Crippen LogP contribution in [0.2, 0.25) is 5.02 Å². The second-order valence-electron chi connectivity index (χ2n) is 10.0. The van der Waals surface area contributed by atoms with Crippen molar-refractivity contribution in [1.82, 2.24) is 19.8 Å². The van der Waals surface area contributed by atoms with Gasteiger partial charge < -0.3 is 19.8 Å². The fraction of sp³-hybridized carbons (Fsp3) is 0.577. The van der Waals surface area contributed by atoms with Gasteiger partial charge in [0.25, 0.3) is 0 Å². The maximum Gasteiger partial charge on any atom is 0.231 e. The third kappa shape index (κ3) is 5.15. The molecule has 3 atom stereocenters. The Morgan fingerprint density at radius 2 is 1.80 bits per heavy atom. The number of halogens is 2. The van der Waals surface area contributed by atoms with E-state index in [1.54, 1.807) is 0 Å². The molecule has 5 rings (SSSR count). The van der Waals surface area contributed by atoms with Crippen LogP contribution in [0.25, 0.3) is 0 Å². The van der Waals surface area contributed by atoms with Crippen LogP contribution >= 0.6 is 11.6 Å². The number of amides is 1. The summed E-state index contributed by atoms with van der Waals surface area (Å²) in [4.78, 5) is 29.0. The molecule has 3 heterocycles. The largest absolute Gasteiger partial charge is 0.387 e. The zero-order valence-corrected chi connectivity index (χ0v) is 20.9. The van der Waals surface area contributed by atoms with E-state index in [9.17, 15) is 14.3 Å². The van der Waals surface area contributed by atoms with Crippen LogP contribution in [0, 0.1) is 0 Å². The lowest BCUT2D eigenvalue weighted by molar-refractivity contribution is -0.133. The third-order valence-corrected chi connectivity index (χ3v) is 7.95. The van der Waals surface area contributed by atoms with Gasteiger partial charge in [0.05, 0.1) is 17.7 Å². The molecule has 1 amide bonds. The van der Waals surface area contributed by atoms with E-state index < -0.39 is 12.3 Å². The van der Waals surface area contributed by atoms with E-state index in [1.807, 2.05) is 29.2 Å². The molecule has 1 N–H and O–H groups in total. The SMILES string of the molecule is C[C@@H]1C[C@@H](O)c2ncnc(N3CCN(C(=O)[C@@H](CN4CCC(F)CC4)c4ccc(Cl)cc4)CC3)c21. The number of fused-ring (bicyclic) bond motifs is 1. The molecule has 1 aromatic carbocycles. The van der Waals surface area contributed by atoms with E-state index in [4.69, 9.17) is 11.6 Å². The average Bonchev–Trinajstić information content (AvgIpc) is 3.17. The number of aliphatic hydroxyl groups is 1. The van der Waals surface area contributed by atoms with Crippen LogP contribution in [0.4, 0.5) is 10.2 Å². The Bertz CT molecular complexity index is 1040. The topological polar surface area (TPSA) is 72.8 Å². The molecule has 3 aliphatic rings. The molecule has 0 unspecified atom stereocenters. The minimum absolute atomic E-state index is 0.103. The Kier molecular flexibility index (Phi) is 7.23. The number of aliphatic hydroxyl groups excluding tert-OH is 1. The Morgan fingerprint density at radius 3 is 2.49 bits per heavy atom. The average molecular weight is 502 g/mol. The summed E-state index contributed by atoms with van der Waals surface area (Å²) in [6, 6.07) is 7.52.